The molecular weight excluding hydrogens is 300 g/mol. The maximum Gasteiger partial charge on any atom is 0.321 e. The lowest BCUT2D eigenvalue weighted by Gasteiger charge is -2.31. The van der Waals surface area contributed by atoms with Crippen molar-refractivity contribution in [3.63, 3.8) is 0 Å². The van der Waals surface area contributed by atoms with Crippen LogP contribution in [0, 0.1) is 0 Å². The largest absolute Gasteiger partial charge is 0.324 e. The number of amides is 2. The van der Waals surface area contributed by atoms with Gasteiger partial charge in [0.05, 0.1) is 0 Å². The van der Waals surface area contributed by atoms with Gasteiger partial charge in [-0.25, -0.2) is 14.8 Å². The first-order valence-corrected chi connectivity index (χ1v) is 8.73. The number of anilines is 1. The highest BCUT2D eigenvalue weighted by Gasteiger charge is 2.24. The van der Waals surface area contributed by atoms with E-state index in [2.05, 4.69) is 27.4 Å². The number of benzene rings is 1. The first-order chi connectivity index (χ1) is 11.8. The van der Waals surface area contributed by atoms with Crippen molar-refractivity contribution in [1.29, 1.82) is 0 Å². The van der Waals surface area contributed by atoms with E-state index in [0.717, 1.165) is 43.7 Å². The number of hydrogen-bond donors (Lipinski definition) is 1. The molecule has 0 bridgehead atoms. The molecule has 1 fully saturated rings. The number of aryl methyl sites for hydroxylation is 2. The van der Waals surface area contributed by atoms with Gasteiger partial charge in [0.25, 0.3) is 0 Å². The summed E-state index contributed by atoms with van der Waals surface area (Å²) in [6, 6.07) is 8.29. The zero-order chi connectivity index (χ0) is 16.4. The Balaban J connectivity index is 1.35. The molecule has 1 aliphatic carbocycles. The monoisotopic (exact) mass is 322 g/mol. The number of carbonyl (C=O) groups is 1. The van der Waals surface area contributed by atoms with E-state index in [0.29, 0.717) is 5.92 Å². The van der Waals surface area contributed by atoms with Crippen molar-refractivity contribution in [2.45, 2.75) is 38.0 Å². The average molecular weight is 322 g/mol. The molecule has 124 valence electrons. The van der Waals surface area contributed by atoms with Crippen molar-refractivity contribution in [2.24, 2.45) is 0 Å². The van der Waals surface area contributed by atoms with Gasteiger partial charge in [0, 0.05) is 36.6 Å². The molecule has 1 saturated heterocycles. The fourth-order valence-electron chi connectivity index (χ4n) is 3.77. The van der Waals surface area contributed by atoms with Crippen LogP contribution in [0.1, 0.15) is 42.0 Å². The second kappa shape index (κ2) is 6.59. The summed E-state index contributed by atoms with van der Waals surface area (Å²) >= 11 is 0. The fourth-order valence-corrected chi connectivity index (χ4v) is 3.77. The standard InChI is InChI=1S/C19H22N4O/c24-19(22-17-5-4-14-2-1-3-16(14)12-17)23-10-7-15(8-11-23)18-6-9-20-13-21-18/h4-6,9,12-13,15H,1-3,7-8,10-11H2,(H,22,24). The highest BCUT2D eigenvalue weighted by atomic mass is 16.2. The first-order valence-electron chi connectivity index (χ1n) is 8.73. The van der Waals surface area contributed by atoms with E-state index in [9.17, 15) is 4.79 Å². The van der Waals surface area contributed by atoms with Gasteiger partial charge in [-0.3, -0.25) is 0 Å². The number of fused-ring (bicyclic) bond motifs is 1. The molecule has 2 heterocycles. The second-order valence-corrected chi connectivity index (χ2v) is 6.66. The SMILES string of the molecule is O=C(Nc1ccc2c(c1)CCC2)N1CCC(c2ccncn2)CC1. The molecule has 0 spiro atoms. The van der Waals surface area contributed by atoms with Crippen LogP contribution in [0.5, 0.6) is 0 Å². The number of likely N-dealkylation sites (tertiary alicyclic amines) is 1. The lowest BCUT2D eigenvalue weighted by atomic mass is 9.93. The van der Waals surface area contributed by atoms with Crippen LogP contribution in [0.4, 0.5) is 10.5 Å². The number of carbonyl (C=O) groups excluding carboxylic acids is 1. The lowest BCUT2D eigenvalue weighted by molar-refractivity contribution is 0.194. The van der Waals surface area contributed by atoms with Gasteiger partial charge >= 0.3 is 6.03 Å². The van der Waals surface area contributed by atoms with Gasteiger partial charge in [-0.05, 0) is 61.4 Å². The summed E-state index contributed by atoms with van der Waals surface area (Å²) in [6.07, 6.45) is 8.81. The Kier molecular flexibility index (Phi) is 4.15. The summed E-state index contributed by atoms with van der Waals surface area (Å²) in [4.78, 5) is 22.7. The highest BCUT2D eigenvalue weighted by Crippen LogP contribution is 2.27. The van der Waals surface area contributed by atoms with Gasteiger partial charge in [-0.2, -0.15) is 0 Å². The molecule has 1 aromatic carbocycles. The summed E-state index contributed by atoms with van der Waals surface area (Å²) in [5, 5.41) is 3.06. The Morgan fingerprint density at radius 1 is 1.12 bits per heavy atom. The number of rotatable bonds is 2. The Bertz CT molecular complexity index is 723. The van der Waals surface area contributed by atoms with E-state index in [-0.39, 0.29) is 6.03 Å². The normalized spacial score (nSPS) is 17.6. The van der Waals surface area contributed by atoms with E-state index < -0.39 is 0 Å². The molecule has 1 aliphatic heterocycles. The molecule has 0 radical (unpaired) electrons. The molecule has 2 aliphatic rings. The van der Waals surface area contributed by atoms with Crippen molar-refractivity contribution in [3.05, 3.63) is 53.6 Å². The quantitative estimate of drug-likeness (QED) is 0.922. The smallest absolute Gasteiger partial charge is 0.321 e. The predicted octanol–water partition coefficient (Wildman–Crippen LogP) is 3.38. The van der Waals surface area contributed by atoms with Crippen LogP contribution in [0.25, 0.3) is 0 Å². The predicted molar refractivity (Wildman–Crippen MR) is 93.1 cm³/mol. The van der Waals surface area contributed by atoms with Gasteiger partial charge in [0.1, 0.15) is 6.33 Å². The van der Waals surface area contributed by atoms with E-state index >= 15 is 0 Å². The number of urea groups is 1. The van der Waals surface area contributed by atoms with Crippen molar-refractivity contribution in [2.75, 3.05) is 18.4 Å². The Morgan fingerprint density at radius 2 is 1.96 bits per heavy atom. The van der Waals surface area contributed by atoms with Gasteiger partial charge in [-0.15, -0.1) is 0 Å². The van der Waals surface area contributed by atoms with Gasteiger partial charge in [0.2, 0.25) is 0 Å². The highest BCUT2D eigenvalue weighted by molar-refractivity contribution is 5.89. The summed E-state index contributed by atoms with van der Waals surface area (Å²) in [5.41, 5.74) is 4.82. The van der Waals surface area contributed by atoms with Crippen molar-refractivity contribution >= 4 is 11.7 Å². The lowest BCUT2D eigenvalue weighted by Crippen LogP contribution is -2.40. The maximum absolute atomic E-state index is 12.5. The van der Waals surface area contributed by atoms with Gasteiger partial charge in [0.15, 0.2) is 0 Å². The number of piperidine rings is 1. The zero-order valence-electron chi connectivity index (χ0n) is 13.7. The molecular formula is C19H22N4O. The summed E-state index contributed by atoms with van der Waals surface area (Å²) in [5.74, 6) is 0.428. The Hall–Kier alpha value is -2.43. The molecule has 1 N–H and O–H groups in total. The number of nitrogens with zero attached hydrogens (tertiary/aromatic N) is 3. The fraction of sp³-hybridized carbons (Fsp3) is 0.421. The molecule has 2 aromatic rings. The molecule has 24 heavy (non-hydrogen) atoms. The molecule has 5 nitrogen and oxygen atoms in total. The zero-order valence-corrected chi connectivity index (χ0v) is 13.7. The molecule has 0 atom stereocenters. The summed E-state index contributed by atoms with van der Waals surface area (Å²) in [6.45, 7) is 1.54. The first kappa shape index (κ1) is 15.1. The van der Waals surface area contributed by atoms with Crippen molar-refractivity contribution in [3.8, 4) is 0 Å². The minimum absolute atomic E-state index is 0.00841. The second-order valence-electron chi connectivity index (χ2n) is 6.66. The molecule has 0 unspecified atom stereocenters. The van der Waals surface area contributed by atoms with Crippen LogP contribution in [0.3, 0.4) is 0 Å². The third kappa shape index (κ3) is 3.11. The molecule has 4 rings (SSSR count). The summed E-state index contributed by atoms with van der Waals surface area (Å²) < 4.78 is 0. The Morgan fingerprint density at radius 3 is 2.75 bits per heavy atom. The number of hydrogen-bond acceptors (Lipinski definition) is 3. The van der Waals surface area contributed by atoms with Crippen molar-refractivity contribution in [1.82, 2.24) is 14.9 Å². The topological polar surface area (TPSA) is 58.1 Å². The van der Waals surface area contributed by atoms with E-state index in [1.54, 1.807) is 12.5 Å². The molecule has 5 heteroatoms. The molecule has 0 saturated carbocycles. The van der Waals surface area contributed by atoms with Crippen LogP contribution < -0.4 is 5.32 Å². The third-order valence-electron chi connectivity index (χ3n) is 5.16. The minimum Gasteiger partial charge on any atom is -0.324 e. The van der Waals surface area contributed by atoms with E-state index in [4.69, 9.17) is 0 Å². The summed E-state index contributed by atoms with van der Waals surface area (Å²) in [7, 11) is 0. The average Bonchev–Trinajstić information content (AvgIpc) is 3.10. The van der Waals surface area contributed by atoms with Crippen LogP contribution in [-0.2, 0) is 12.8 Å². The van der Waals surface area contributed by atoms with Crippen LogP contribution in [0.2, 0.25) is 0 Å². The van der Waals surface area contributed by atoms with Crippen LogP contribution >= 0.6 is 0 Å². The third-order valence-corrected chi connectivity index (χ3v) is 5.16. The van der Waals surface area contributed by atoms with Crippen molar-refractivity contribution < 1.29 is 4.79 Å². The van der Waals surface area contributed by atoms with Crippen LogP contribution in [0.15, 0.2) is 36.8 Å². The maximum atomic E-state index is 12.5. The van der Waals surface area contributed by atoms with E-state index in [1.165, 1.54) is 24.0 Å². The van der Waals surface area contributed by atoms with E-state index in [1.807, 2.05) is 17.0 Å². The van der Waals surface area contributed by atoms with Gasteiger partial charge in [-0.1, -0.05) is 6.07 Å². The number of aromatic nitrogens is 2. The Labute approximate surface area is 142 Å². The van der Waals surface area contributed by atoms with Gasteiger partial charge < -0.3 is 10.2 Å². The number of nitrogens with one attached hydrogen (secondary N) is 1. The minimum atomic E-state index is 0.00841. The molecule has 2 amide bonds. The van der Waals surface area contributed by atoms with Crippen LogP contribution in [-0.4, -0.2) is 34.0 Å². The molecule has 1 aromatic heterocycles.